The van der Waals surface area contributed by atoms with Crippen LogP contribution in [-0.4, -0.2) is 46.9 Å². The summed E-state index contributed by atoms with van der Waals surface area (Å²) in [6, 6.07) is 11.5. The van der Waals surface area contributed by atoms with Crippen molar-refractivity contribution in [2.45, 2.75) is 19.4 Å². The van der Waals surface area contributed by atoms with E-state index in [1.165, 1.54) is 16.2 Å². The number of nitrogens with zero attached hydrogens (tertiary/aromatic N) is 6. The molecule has 172 valence electrons. The van der Waals surface area contributed by atoms with Gasteiger partial charge in [-0.3, -0.25) is 9.69 Å². The van der Waals surface area contributed by atoms with Gasteiger partial charge in [0.15, 0.2) is 11.8 Å². The minimum atomic E-state index is -0.914. The van der Waals surface area contributed by atoms with Gasteiger partial charge in [-0.05, 0) is 48.6 Å². The summed E-state index contributed by atoms with van der Waals surface area (Å²) in [6.45, 7) is 3.87. The molecule has 2 N–H and O–H groups in total. The Bertz CT molecular complexity index is 1370. The summed E-state index contributed by atoms with van der Waals surface area (Å²) in [7, 11) is 1.61. The van der Waals surface area contributed by atoms with Crippen molar-refractivity contribution in [2.24, 2.45) is 16.6 Å². The molecule has 5 rings (SSSR count). The maximum atomic E-state index is 14.2. The second kappa shape index (κ2) is 7.88. The van der Waals surface area contributed by atoms with Gasteiger partial charge < -0.3 is 10.6 Å². The number of aliphatic imine (C=N–C) groups is 1. The molecule has 2 aromatic heterocycles. The number of nitriles is 1. The molecule has 0 spiro atoms. The first-order valence-corrected chi connectivity index (χ1v) is 11.6. The third-order valence-corrected chi connectivity index (χ3v) is 7.60. The number of thiophene rings is 1. The first-order valence-electron chi connectivity index (χ1n) is 10.7. The Morgan fingerprint density at radius 2 is 1.97 bits per heavy atom. The topological polar surface area (TPSA) is 112 Å². The Morgan fingerprint density at radius 1 is 1.24 bits per heavy atom. The molecule has 2 aliphatic rings. The van der Waals surface area contributed by atoms with Gasteiger partial charge in [0.05, 0.1) is 35.5 Å². The Kier molecular flexibility index (Phi) is 5.10. The summed E-state index contributed by atoms with van der Waals surface area (Å²) in [5, 5.41) is 11.3. The van der Waals surface area contributed by atoms with Gasteiger partial charge in [-0.1, -0.05) is 12.1 Å². The number of carbonyl (C=O) groups is 1. The van der Waals surface area contributed by atoms with E-state index in [0.717, 1.165) is 16.0 Å². The van der Waals surface area contributed by atoms with E-state index in [2.05, 4.69) is 16.0 Å². The molecular formula is C24H22FN7OS. The molecule has 4 heterocycles. The van der Waals surface area contributed by atoms with Gasteiger partial charge in [0.1, 0.15) is 5.54 Å². The Hall–Kier alpha value is -3.84. The van der Waals surface area contributed by atoms with Gasteiger partial charge in [0, 0.05) is 18.5 Å². The van der Waals surface area contributed by atoms with Crippen LogP contribution in [0.5, 0.6) is 0 Å². The van der Waals surface area contributed by atoms with Crippen LogP contribution < -0.4 is 10.6 Å². The normalized spacial score (nSPS) is 21.9. The first-order chi connectivity index (χ1) is 16.2. The van der Waals surface area contributed by atoms with Crippen molar-refractivity contribution in [1.29, 1.82) is 5.26 Å². The average molecular weight is 476 g/mol. The van der Waals surface area contributed by atoms with Crippen molar-refractivity contribution in [2.75, 3.05) is 25.0 Å². The zero-order chi connectivity index (χ0) is 24.2. The lowest BCUT2D eigenvalue weighted by Crippen LogP contribution is -2.54. The van der Waals surface area contributed by atoms with Crippen molar-refractivity contribution >= 4 is 29.2 Å². The lowest BCUT2D eigenvalue weighted by Gasteiger charge is -2.36. The van der Waals surface area contributed by atoms with E-state index in [-0.39, 0.29) is 23.3 Å². The van der Waals surface area contributed by atoms with Crippen LogP contribution >= 0.6 is 11.3 Å². The van der Waals surface area contributed by atoms with Crippen LogP contribution in [0.2, 0.25) is 0 Å². The number of carbonyl (C=O) groups excluding carboxylic acids is 1. The first kappa shape index (κ1) is 22.0. The van der Waals surface area contributed by atoms with E-state index < -0.39 is 17.3 Å². The molecule has 0 aliphatic carbocycles. The summed E-state index contributed by atoms with van der Waals surface area (Å²) in [4.78, 5) is 31.0. The van der Waals surface area contributed by atoms with Crippen LogP contribution in [0.25, 0.3) is 11.1 Å². The average Bonchev–Trinajstić information content (AvgIpc) is 3.47. The van der Waals surface area contributed by atoms with E-state index in [0.29, 0.717) is 24.6 Å². The third-order valence-electron chi connectivity index (χ3n) is 6.50. The molecule has 0 saturated carbocycles. The third kappa shape index (κ3) is 3.31. The monoisotopic (exact) mass is 475 g/mol. The number of fused-ring (bicyclic) bond motifs is 1. The lowest BCUT2D eigenvalue weighted by atomic mass is 9.83. The Labute approximate surface area is 200 Å². The number of benzene rings is 1. The van der Waals surface area contributed by atoms with Gasteiger partial charge in [0.2, 0.25) is 11.9 Å². The number of anilines is 1. The summed E-state index contributed by atoms with van der Waals surface area (Å²) in [6.07, 6.45) is 0. The zero-order valence-electron chi connectivity index (χ0n) is 18.9. The molecule has 1 amide bonds. The predicted molar refractivity (Wildman–Crippen MR) is 128 cm³/mol. The highest BCUT2D eigenvalue weighted by Gasteiger charge is 2.56. The minimum absolute atomic E-state index is 0.132. The van der Waals surface area contributed by atoms with Crippen molar-refractivity contribution < 1.29 is 9.18 Å². The maximum Gasteiger partial charge on any atom is 0.236 e. The zero-order valence-corrected chi connectivity index (χ0v) is 19.7. The van der Waals surface area contributed by atoms with Gasteiger partial charge in [-0.15, -0.1) is 11.3 Å². The van der Waals surface area contributed by atoms with Crippen LogP contribution in [0.4, 0.5) is 10.3 Å². The quantitative estimate of drug-likeness (QED) is 0.623. The molecule has 10 heteroatoms. The summed E-state index contributed by atoms with van der Waals surface area (Å²) < 4.78 is 14.2. The molecule has 2 aliphatic heterocycles. The highest BCUT2D eigenvalue weighted by molar-refractivity contribution is 7.10. The number of aryl methyl sites for hydroxylation is 2. The second-order valence-corrected chi connectivity index (χ2v) is 9.54. The lowest BCUT2D eigenvalue weighted by molar-refractivity contribution is -0.132. The van der Waals surface area contributed by atoms with E-state index in [1.54, 1.807) is 27.0 Å². The van der Waals surface area contributed by atoms with Crippen LogP contribution in [0.15, 0.2) is 40.7 Å². The number of nitrogens with two attached hydrogens (primary N) is 1. The number of amides is 1. The largest absolute Gasteiger partial charge is 0.369 e. The van der Waals surface area contributed by atoms with Crippen LogP contribution in [0, 0.1) is 36.9 Å². The fraction of sp³-hybridized carbons (Fsp3) is 0.292. The smallest absolute Gasteiger partial charge is 0.236 e. The van der Waals surface area contributed by atoms with E-state index in [9.17, 15) is 14.4 Å². The van der Waals surface area contributed by atoms with E-state index in [1.807, 2.05) is 34.5 Å². The SMILES string of the molecule is Cc1nc(N2C[C@H]3C(=O)N(C)C(N)=N[C@@]3(c3cc(-c4cccc(C#N)c4)cs3)C2)nc(C)c1F. The summed E-state index contributed by atoms with van der Waals surface area (Å²) in [5.74, 6) is -0.552. The fourth-order valence-electron chi connectivity index (χ4n) is 4.63. The fourth-order valence-corrected chi connectivity index (χ4v) is 5.73. The highest BCUT2D eigenvalue weighted by Crippen LogP contribution is 2.47. The molecule has 0 unspecified atom stereocenters. The summed E-state index contributed by atoms with van der Waals surface area (Å²) in [5.41, 5.74) is 8.20. The molecule has 2 atom stereocenters. The van der Waals surface area contributed by atoms with Crippen molar-refractivity contribution in [3.63, 3.8) is 0 Å². The minimum Gasteiger partial charge on any atom is -0.369 e. The van der Waals surface area contributed by atoms with Gasteiger partial charge in [0.25, 0.3) is 0 Å². The van der Waals surface area contributed by atoms with E-state index >= 15 is 0 Å². The van der Waals surface area contributed by atoms with Gasteiger partial charge in [-0.25, -0.2) is 19.4 Å². The predicted octanol–water partition coefficient (Wildman–Crippen LogP) is 2.95. The second-order valence-electron chi connectivity index (χ2n) is 8.63. The van der Waals surface area contributed by atoms with Crippen molar-refractivity contribution in [1.82, 2.24) is 14.9 Å². The molecule has 3 aromatic rings. The molecule has 0 bridgehead atoms. The van der Waals surface area contributed by atoms with Crippen LogP contribution in [0.3, 0.4) is 0 Å². The molecule has 8 nitrogen and oxygen atoms in total. The highest BCUT2D eigenvalue weighted by atomic mass is 32.1. The molecular weight excluding hydrogens is 453 g/mol. The number of hydrogen-bond acceptors (Lipinski definition) is 8. The maximum absolute atomic E-state index is 14.2. The molecule has 1 fully saturated rings. The number of rotatable bonds is 3. The number of aromatic nitrogens is 2. The Morgan fingerprint density at radius 3 is 2.68 bits per heavy atom. The molecule has 1 saturated heterocycles. The van der Waals surface area contributed by atoms with E-state index in [4.69, 9.17) is 10.7 Å². The number of guanidine groups is 1. The Balaban J connectivity index is 1.60. The molecule has 34 heavy (non-hydrogen) atoms. The van der Waals surface area contributed by atoms with Gasteiger partial charge >= 0.3 is 0 Å². The summed E-state index contributed by atoms with van der Waals surface area (Å²) >= 11 is 1.50. The molecule has 0 radical (unpaired) electrons. The number of halogens is 1. The van der Waals surface area contributed by atoms with Gasteiger partial charge in [-0.2, -0.15) is 5.26 Å². The standard InChI is InChI=1S/C24H22FN7OS/c1-13-20(25)14(2)29-23(28-13)32-10-18-21(33)31(3)22(27)30-24(18,12-32)19-8-17(11-34-19)16-6-4-5-15(7-16)9-26/h4-8,11,18H,10,12H2,1-3H3,(H2,27,30)/t18-,24-/m0/s1. The number of hydrogen-bond donors (Lipinski definition) is 1. The van der Waals surface area contributed by atoms with Crippen LogP contribution in [0.1, 0.15) is 21.8 Å². The molecule has 1 aromatic carbocycles. The van der Waals surface area contributed by atoms with Crippen LogP contribution in [-0.2, 0) is 10.3 Å². The van der Waals surface area contributed by atoms with Crippen molar-refractivity contribution in [3.05, 3.63) is 63.4 Å². The van der Waals surface area contributed by atoms with Crippen molar-refractivity contribution in [3.8, 4) is 17.2 Å².